The Balaban J connectivity index is 2.46. The van der Waals surface area contributed by atoms with Gasteiger partial charge in [-0.1, -0.05) is 11.6 Å². The lowest BCUT2D eigenvalue weighted by Crippen LogP contribution is -2.20. The predicted molar refractivity (Wildman–Crippen MR) is 78.2 cm³/mol. The van der Waals surface area contributed by atoms with E-state index in [1.165, 1.54) is 6.07 Å². The predicted octanol–water partition coefficient (Wildman–Crippen LogP) is 4.44. The van der Waals surface area contributed by atoms with Crippen LogP contribution >= 0.6 is 11.6 Å². The first-order chi connectivity index (χ1) is 10.8. The first-order valence-corrected chi connectivity index (χ1v) is 7.41. The molecule has 1 fully saturated rings. The summed E-state index contributed by atoms with van der Waals surface area (Å²) in [6.07, 6.45) is -2.54. The first kappa shape index (κ1) is 17.5. The number of hydrogen-bond donors (Lipinski definition) is 0. The zero-order valence-electron chi connectivity index (χ0n) is 12.2. The summed E-state index contributed by atoms with van der Waals surface area (Å²) in [5.41, 5.74) is -2.13. The summed E-state index contributed by atoms with van der Waals surface area (Å²) in [7, 11) is 0. The molecule has 23 heavy (non-hydrogen) atoms. The molecule has 3 nitrogen and oxygen atoms in total. The van der Waals surface area contributed by atoms with E-state index in [0.29, 0.717) is 18.9 Å². The van der Waals surface area contributed by atoms with Crippen LogP contribution in [0.4, 0.5) is 13.2 Å². The van der Waals surface area contributed by atoms with Crippen LogP contribution in [0.2, 0.25) is 5.02 Å². The third kappa shape index (κ3) is 4.13. The second-order valence-corrected chi connectivity index (χ2v) is 5.58. The van der Waals surface area contributed by atoms with Gasteiger partial charge in [-0.15, -0.1) is 0 Å². The molecule has 0 radical (unpaired) electrons. The van der Waals surface area contributed by atoms with E-state index in [-0.39, 0.29) is 23.1 Å². The Kier molecular flexibility index (Phi) is 5.14. The van der Waals surface area contributed by atoms with Gasteiger partial charge >= 0.3 is 6.18 Å². The van der Waals surface area contributed by atoms with Gasteiger partial charge in [0.15, 0.2) is 11.6 Å². The van der Waals surface area contributed by atoms with Crippen LogP contribution in [-0.4, -0.2) is 18.2 Å². The van der Waals surface area contributed by atoms with Gasteiger partial charge in [0.1, 0.15) is 5.57 Å². The fourth-order valence-corrected chi connectivity index (χ4v) is 2.22. The Morgan fingerprint density at radius 3 is 2.52 bits per heavy atom. The summed E-state index contributed by atoms with van der Waals surface area (Å²) in [6.45, 7) is 1.84. The smallest absolute Gasteiger partial charge is 0.417 e. The van der Waals surface area contributed by atoms with Gasteiger partial charge in [-0.3, -0.25) is 9.59 Å². The monoisotopic (exact) mass is 346 g/mol. The fourth-order valence-electron chi connectivity index (χ4n) is 2.05. The first-order valence-electron chi connectivity index (χ1n) is 7.03. The molecule has 0 spiro atoms. The molecule has 1 saturated carbocycles. The Morgan fingerprint density at radius 2 is 2.00 bits per heavy atom. The summed E-state index contributed by atoms with van der Waals surface area (Å²) < 4.78 is 44.4. The highest BCUT2D eigenvalue weighted by Gasteiger charge is 2.39. The van der Waals surface area contributed by atoms with E-state index < -0.39 is 28.9 Å². The third-order valence-electron chi connectivity index (χ3n) is 3.36. The molecule has 0 aromatic heterocycles. The van der Waals surface area contributed by atoms with E-state index in [9.17, 15) is 22.8 Å². The highest BCUT2D eigenvalue weighted by atomic mass is 35.5. The zero-order chi connectivity index (χ0) is 17.2. The lowest BCUT2D eigenvalue weighted by molar-refractivity contribution is -0.138. The molecule has 0 atom stereocenters. The van der Waals surface area contributed by atoms with E-state index in [1.807, 2.05) is 0 Å². The quantitative estimate of drug-likeness (QED) is 0.251. The molecule has 0 unspecified atom stereocenters. The number of hydrogen-bond acceptors (Lipinski definition) is 3. The minimum atomic E-state index is -4.75. The fraction of sp³-hybridized carbons (Fsp3) is 0.375. The molecule has 1 aromatic rings. The normalized spacial score (nSPS) is 15.4. The van der Waals surface area contributed by atoms with E-state index in [0.717, 1.165) is 12.3 Å². The van der Waals surface area contributed by atoms with E-state index in [4.69, 9.17) is 16.3 Å². The molecule has 0 saturated heterocycles. The van der Waals surface area contributed by atoms with E-state index in [2.05, 4.69) is 0 Å². The maximum Gasteiger partial charge on any atom is 0.417 e. The van der Waals surface area contributed by atoms with Crippen molar-refractivity contribution < 1.29 is 27.5 Å². The third-order valence-corrected chi connectivity index (χ3v) is 3.59. The van der Waals surface area contributed by atoms with Crippen molar-refractivity contribution in [1.29, 1.82) is 0 Å². The number of ether oxygens (including phenoxy) is 1. The topological polar surface area (TPSA) is 43.4 Å². The van der Waals surface area contributed by atoms with E-state index in [1.54, 1.807) is 6.92 Å². The number of benzene rings is 1. The van der Waals surface area contributed by atoms with Crippen LogP contribution in [0.3, 0.4) is 0 Å². The zero-order valence-corrected chi connectivity index (χ0v) is 13.0. The molecule has 1 aliphatic carbocycles. The van der Waals surface area contributed by atoms with Crippen molar-refractivity contribution in [2.45, 2.75) is 25.9 Å². The maximum absolute atomic E-state index is 13.1. The molecular weight excluding hydrogens is 333 g/mol. The van der Waals surface area contributed by atoms with Crippen molar-refractivity contribution in [2.24, 2.45) is 5.92 Å². The molecule has 0 aliphatic heterocycles. The van der Waals surface area contributed by atoms with Crippen LogP contribution < -0.4 is 0 Å². The SMILES string of the molecule is CCOC=C(C(=O)c1ccc(Cl)cc1C(F)(F)F)C(=O)C1CC1. The lowest BCUT2D eigenvalue weighted by atomic mass is 9.95. The summed E-state index contributed by atoms with van der Waals surface area (Å²) in [5, 5.41) is -0.141. The van der Waals surface area contributed by atoms with Gasteiger partial charge in [0, 0.05) is 16.5 Å². The second kappa shape index (κ2) is 6.74. The van der Waals surface area contributed by atoms with Gasteiger partial charge in [0.25, 0.3) is 0 Å². The molecule has 0 amide bonds. The molecule has 124 valence electrons. The Morgan fingerprint density at radius 1 is 1.35 bits per heavy atom. The number of ketones is 2. The number of rotatable bonds is 6. The molecule has 2 rings (SSSR count). The van der Waals surface area contributed by atoms with Crippen molar-refractivity contribution in [3.63, 3.8) is 0 Å². The molecule has 0 bridgehead atoms. The van der Waals surface area contributed by atoms with Gasteiger partial charge in [-0.25, -0.2) is 0 Å². The van der Waals surface area contributed by atoms with Crippen molar-refractivity contribution in [2.75, 3.05) is 6.61 Å². The van der Waals surface area contributed by atoms with Gasteiger partial charge in [0.2, 0.25) is 0 Å². The van der Waals surface area contributed by atoms with Crippen molar-refractivity contribution in [1.82, 2.24) is 0 Å². The van der Waals surface area contributed by atoms with Crippen LogP contribution in [0.15, 0.2) is 30.0 Å². The number of carbonyl (C=O) groups excluding carboxylic acids is 2. The molecular formula is C16H14ClF3O3. The minimum absolute atomic E-state index is 0.141. The average Bonchev–Trinajstić information content (AvgIpc) is 3.30. The number of carbonyl (C=O) groups is 2. The van der Waals surface area contributed by atoms with Gasteiger partial charge in [0.05, 0.1) is 18.4 Å². The lowest BCUT2D eigenvalue weighted by Gasteiger charge is -2.13. The van der Waals surface area contributed by atoms with E-state index >= 15 is 0 Å². The number of allylic oxidation sites excluding steroid dienone is 1. The van der Waals surface area contributed by atoms with Gasteiger partial charge in [-0.05, 0) is 38.0 Å². The standard InChI is InChI=1S/C16H14ClF3O3/c1-2-23-8-12(14(21)9-3-4-9)15(22)11-6-5-10(17)7-13(11)16(18,19)20/h5-9H,2-4H2,1H3. The Bertz CT molecular complexity index is 661. The van der Waals surface area contributed by atoms with Crippen molar-refractivity contribution >= 4 is 23.2 Å². The summed E-state index contributed by atoms with van der Waals surface area (Å²) in [4.78, 5) is 24.7. The van der Waals surface area contributed by atoms with Gasteiger partial charge in [-0.2, -0.15) is 13.2 Å². The van der Waals surface area contributed by atoms with Crippen LogP contribution in [-0.2, 0) is 15.7 Å². The maximum atomic E-state index is 13.1. The summed E-state index contributed by atoms with van der Waals surface area (Å²) >= 11 is 5.60. The average molecular weight is 347 g/mol. The van der Waals surface area contributed by atoms with Crippen molar-refractivity contribution in [3.05, 3.63) is 46.2 Å². The molecule has 7 heteroatoms. The number of halogens is 4. The Labute approximate surface area is 136 Å². The van der Waals surface area contributed by atoms with Gasteiger partial charge < -0.3 is 4.74 Å². The molecule has 1 aromatic carbocycles. The molecule has 1 aliphatic rings. The Hall–Kier alpha value is -1.82. The summed E-state index contributed by atoms with van der Waals surface area (Å²) in [6, 6.07) is 2.84. The van der Waals surface area contributed by atoms with Crippen LogP contribution in [0.25, 0.3) is 0 Å². The molecule has 0 N–H and O–H groups in total. The van der Waals surface area contributed by atoms with Crippen LogP contribution in [0.1, 0.15) is 35.7 Å². The molecule has 0 heterocycles. The van der Waals surface area contributed by atoms with Crippen LogP contribution in [0.5, 0.6) is 0 Å². The van der Waals surface area contributed by atoms with Crippen LogP contribution in [0, 0.1) is 5.92 Å². The second-order valence-electron chi connectivity index (χ2n) is 5.14. The number of alkyl halides is 3. The summed E-state index contributed by atoms with van der Waals surface area (Å²) in [5.74, 6) is -1.79. The highest BCUT2D eigenvalue weighted by Crippen LogP contribution is 2.37. The largest absolute Gasteiger partial charge is 0.501 e. The number of Topliss-reactive ketones (excluding diaryl/α,β-unsaturated/α-hetero) is 2. The highest BCUT2D eigenvalue weighted by molar-refractivity contribution is 6.31. The minimum Gasteiger partial charge on any atom is -0.501 e. The van der Waals surface area contributed by atoms with Crippen molar-refractivity contribution in [3.8, 4) is 0 Å².